The van der Waals surface area contributed by atoms with Gasteiger partial charge in [0.05, 0.1) is 18.8 Å². The minimum absolute atomic E-state index is 0.472. The Labute approximate surface area is 157 Å². The van der Waals surface area contributed by atoms with Gasteiger partial charge < -0.3 is 14.0 Å². The summed E-state index contributed by atoms with van der Waals surface area (Å²) in [6.45, 7) is 7.90. The Balaban J connectivity index is 1.68. The highest BCUT2D eigenvalue weighted by molar-refractivity contribution is 5.80. The van der Waals surface area contributed by atoms with Gasteiger partial charge in [-0.25, -0.2) is 19.9 Å². The van der Waals surface area contributed by atoms with Crippen molar-refractivity contribution in [2.24, 2.45) is 5.92 Å². The van der Waals surface area contributed by atoms with Gasteiger partial charge in [-0.05, 0) is 39.5 Å². The first kappa shape index (κ1) is 16.6. The summed E-state index contributed by atoms with van der Waals surface area (Å²) >= 11 is 0. The molecule has 0 N–H and O–H groups in total. The van der Waals surface area contributed by atoms with Gasteiger partial charge in [0.15, 0.2) is 17.0 Å². The first-order valence-electron chi connectivity index (χ1n) is 9.36. The predicted molar refractivity (Wildman–Crippen MR) is 98.3 cm³/mol. The number of aryl methyl sites for hydroxylation is 1. The Morgan fingerprint density at radius 1 is 1.19 bits per heavy atom. The van der Waals surface area contributed by atoms with Crippen LogP contribution in [0.5, 0.6) is 5.88 Å². The Morgan fingerprint density at radius 3 is 2.70 bits per heavy atom. The number of rotatable bonds is 4. The first-order chi connectivity index (χ1) is 13.0. The molecule has 0 radical (unpaired) electrons. The quantitative estimate of drug-likeness (QED) is 0.701. The van der Waals surface area contributed by atoms with Crippen molar-refractivity contribution in [2.75, 3.05) is 13.2 Å². The molecule has 140 valence electrons. The van der Waals surface area contributed by atoms with E-state index in [1.807, 2.05) is 20.8 Å². The minimum Gasteiger partial charge on any atom is -0.476 e. The lowest BCUT2D eigenvalue weighted by Gasteiger charge is -2.30. The molecule has 1 aliphatic heterocycles. The monoisotopic (exact) mass is 366 g/mol. The van der Waals surface area contributed by atoms with E-state index in [0.29, 0.717) is 48.7 Å². The third-order valence-electron chi connectivity index (χ3n) is 5.07. The smallest absolute Gasteiger partial charge is 0.246 e. The third-order valence-corrected chi connectivity index (χ3v) is 5.07. The van der Waals surface area contributed by atoms with Gasteiger partial charge in [-0.2, -0.15) is 4.98 Å². The zero-order valence-electron chi connectivity index (χ0n) is 15.8. The van der Waals surface area contributed by atoms with Crippen LogP contribution in [-0.2, 0) is 16.9 Å². The summed E-state index contributed by atoms with van der Waals surface area (Å²) < 4.78 is 14.1. The Bertz CT molecular complexity index is 1010. The lowest BCUT2D eigenvalue weighted by atomic mass is 10.1. The number of nitrogens with zero attached hydrogens (tertiary/aromatic N) is 6. The number of hydrogen-bond donors (Lipinski definition) is 0. The van der Waals surface area contributed by atoms with E-state index < -0.39 is 5.60 Å². The zero-order chi connectivity index (χ0) is 18.6. The van der Waals surface area contributed by atoms with Crippen molar-refractivity contribution in [2.45, 2.75) is 45.8 Å². The molecule has 1 fully saturated rings. The van der Waals surface area contributed by atoms with Gasteiger partial charge in [0.1, 0.15) is 17.2 Å². The van der Waals surface area contributed by atoms with Crippen LogP contribution in [0.25, 0.3) is 22.6 Å². The van der Waals surface area contributed by atoms with Gasteiger partial charge in [0.2, 0.25) is 5.88 Å². The molecule has 0 saturated heterocycles. The fourth-order valence-corrected chi connectivity index (χ4v) is 3.32. The normalized spacial score (nSPS) is 18.5. The van der Waals surface area contributed by atoms with E-state index in [2.05, 4.69) is 19.5 Å². The maximum absolute atomic E-state index is 6.07. The zero-order valence-corrected chi connectivity index (χ0v) is 15.8. The van der Waals surface area contributed by atoms with Gasteiger partial charge in [-0.1, -0.05) is 0 Å². The van der Waals surface area contributed by atoms with Gasteiger partial charge in [-0.15, -0.1) is 0 Å². The Kier molecular flexibility index (Phi) is 3.65. The number of ether oxygens (including phenoxy) is 2. The van der Waals surface area contributed by atoms with Crippen LogP contribution in [0.4, 0.5) is 0 Å². The average Bonchev–Trinajstić information content (AvgIpc) is 3.39. The molecule has 3 aromatic rings. The summed E-state index contributed by atoms with van der Waals surface area (Å²) in [6.07, 6.45) is 5.92. The lowest BCUT2D eigenvalue weighted by molar-refractivity contribution is -0.0530. The fraction of sp³-hybridized carbons (Fsp3) is 0.526. The average molecular weight is 366 g/mol. The van der Waals surface area contributed by atoms with E-state index >= 15 is 0 Å². The van der Waals surface area contributed by atoms with E-state index in [-0.39, 0.29) is 0 Å². The molecule has 0 amide bonds. The van der Waals surface area contributed by atoms with Crippen LogP contribution in [0.2, 0.25) is 0 Å². The van der Waals surface area contributed by atoms with Gasteiger partial charge >= 0.3 is 0 Å². The standard InChI is InChI=1S/C19H22N6O2/c1-11-20-8-13(9-21-11)15-23-16-14(17(24-15)26-10-12-4-5-12)22-18-19(2,3)27-7-6-25(16)18/h8-9,12H,4-7,10H2,1-3H3. The van der Waals surface area contributed by atoms with Gasteiger partial charge in [-0.3, -0.25) is 0 Å². The van der Waals surface area contributed by atoms with Crippen molar-refractivity contribution in [1.29, 1.82) is 0 Å². The number of fused-ring (bicyclic) bond motifs is 3. The highest BCUT2D eigenvalue weighted by Gasteiger charge is 2.34. The summed E-state index contributed by atoms with van der Waals surface area (Å²) in [4.78, 5) is 22.8. The van der Waals surface area contributed by atoms with Crippen LogP contribution < -0.4 is 4.74 Å². The molecule has 1 aliphatic carbocycles. The van der Waals surface area contributed by atoms with E-state index in [1.165, 1.54) is 12.8 Å². The highest BCUT2D eigenvalue weighted by atomic mass is 16.5. The summed E-state index contributed by atoms with van der Waals surface area (Å²) in [7, 11) is 0. The predicted octanol–water partition coefficient (Wildman–Crippen LogP) is 2.65. The molecular formula is C19H22N6O2. The SMILES string of the molecule is Cc1ncc(-c2nc(OCC3CC3)c3nc4n(c3n2)CCOC4(C)C)cn1. The molecule has 8 nitrogen and oxygen atoms in total. The van der Waals surface area contributed by atoms with Crippen molar-refractivity contribution < 1.29 is 9.47 Å². The van der Waals surface area contributed by atoms with E-state index in [0.717, 1.165) is 17.0 Å². The molecule has 0 aromatic carbocycles. The van der Waals surface area contributed by atoms with Gasteiger partial charge in [0, 0.05) is 18.9 Å². The molecule has 0 spiro atoms. The molecule has 2 aliphatic rings. The lowest BCUT2D eigenvalue weighted by Crippen LogP contribution is -2.33. The number of imidazole rings is 1. The third kappa shape index (κ3) is 2.93. The van der Waals surface area contributed by atoms with Crippen LogP contribution in [-0.4, -0.2) is 42.7 Å². The van der Waals surface area contributed by atoms with Crippen molar-refractivity contribution in [3.05, 3.63) is 24.0 Å². The molecule has 1 saturated carbocycles. The van der Waals surface area contributed by atoms with Crippen LogP contribution >= 0.6 is 0 Å². The Morgan fingerprint density at radius 2 is 1.96 bits per heavy atom. The molecule has 8 heteroatoms. The summed E-state index contributed by atoms with van der Waals surface area (Å²) in [5.41, 5.74) is 1.76. The van der Waals surface area contributed by atoms with Gasteiger partial charge in [0.25, 0.3) is 0 Å². The molecule has 5 rings (SSSR count). The van der Waals surface area contributed by atoms with E-state index in [1.54, 1.807) is 12.4 Å². The summed E-state index contributed by atoms with van der Waals surface area (Å²) in [6, 6.07) is 0. The maximum atomic E-state index is 6.07. The molecule has 3 aromatic heterocycles. The second-order valence-corrected chi connectivity index (χ2v) is 7.74. The van der Waals surface area contributed by atoms with Crippen molar-refractivity contribution in [3.8, 4) is 17.3 Å². The van der Waals surface area contributed by atoms with Crippen molar-refractivity contribution >= 4 is 11.2 Å². The largest absolute Gasteiger partial charge is 0.476 e. The molecule has 27 heavy (non-hydrogen) atoms. The summed E-state index contributed by atoms with van der Waals surface area (Å²) in [5.74, 6) is 3.27. The van der Waals surface area contributed by atoms with Crippen molar-refractivity contribution in [3.63, 3.8) is 0 Å². The van der Waals surface area contributed by atoms with Crippen LogP contribution in [0.3, 0.4) is 0 Å². The molecule has 0 bridgehead atoms. The molecular weight excluding hydrogens is 344 g/mol. The number of hydrogen-bond acceptors (Lipinski definition) is 7. The van der Waals surface area contributed by atoms with Crippen LogP contribution in [0, 0.1) is 12.8 Å². The molecule has 0 atom stereocenters. The molecule has 4 heterocycles. The topological polar surface area (TPSA) is 87.8 Å². The van der Waals surface area contributed by atoms with Crippen LogP contribution in [0.1, 0.15) is 38.3 Å². The second kappa shape index (κ2) is 5.95. The highest BCUT2D eigenvalue weighted by Crippen LogP contribution is 2.35. The number of aromatic nitrogens is 6. The van der Waals surface area contributed by atoms with Crippen molar-refractivity contribution in [1.82, 2.24) is 29.5 Å². The molecule has 0 unspecified atom stereocenters. The fourth-order valence-electron chi connectivity index (χ4n) is 3.32. The first-order valence-corrected chi connectivity index (χ1v) is 9.36. The second-order valence-electron chi connectivity index (χ2n) is 7.74. The van der Waals surface area contributed by atoms with E-state index in [4.69, 9.17) is 19.4 Å². The summed E-state index contributed by atoms with van der Waals surface area (Å²) in [5, 5.41) is 0. The van der Waals surface area contributed by atoms with Crippen LogP contribution in [0.15, 0.2) is 12.4 Å². The maximum Gasteiger partial charge on any atom is 0.246 e. The van der Waals surface area contributed by atoms with E-state index in [9.17, 15) is 0 Å². The Hall–Kier alpha value is -2.61. The minimum atomic E-state index is -0.472.